The summed E-state index contributed by atoms with van der Waals surface area (Å²) in [6.07, 6.45) is 2.67. The van der Waals surface area contributed by atoms with E-state index in [1.165, 1.54) is 0 Å². The predicted octanol–water partition coefficient (Wildman–Crippen LogP) is 3.50. The molecule has 0 aliphatic heterocycles. The van der Waals surface area contributed by atoms with E-state index in [9.17, 15) is 9.90 Å². The van der Waals surface area contributed by atoms with Crippen LogP contribution in [-0.4, -0.2) is 29.5 Å². The van der Waals surface area contributed by atoms with Gasteiger partial charge in [-0.1, -0.05) is 0 Å². The summed E-state index contributed by atoms with van der Waals surface area (Å²) in [6.45, 7) is 5.47. The summed E-state index contributed by atoms with van der Waals surface area (Å²) >= 11 is 0. The van der Waals surface area contributed by atoms with Crippen LogP contribution in [0.2, 0.25) is 0 Å². The Kier molecular flexibility index (Phi) is 4.66. The third-order valence-electron chi connectivity index (χ3n) is 3.61. The molecular weight excluding hydrogens is 282 g/mol. The van der Waals surface area contributed by atoms with Crippen molar-refractivity contribution in [3.05, 3.63) is 23.8 Å². The highest BCUT2D eigenvalue weighted by Gasteiger charge is 2.39. The van der Waals surface area contributed by atoms with Crippen molar-refractivity contribution in [3.63, 3.8) is 0 Å². The first-order chi connectivity index (χ1) is 10.2. The number of aryl methyl sites for hydroxylation is 1. The number of hydrogen-bond acceptors (Lipinski definition) is 4. The minimum Gasteiger partial charge on any atom is -0.496 e. The quantitative estimate of drug-likeness (QED) is 0.873. The second-order valence-electron chi connectivity index (χ2n) is 6.88. The topological polar surface area (TPSA) is 67.8 Å². The van der Waals surface area contributed by atoms with Crippen molar-refractivity contribution >= 4 is 11.8 Å². The molecule has 0 radical (unpaired) electrons. The van der Waals surface area contributed by atoms with E-state index in [1.54, 1.807) is 13.2 Å². The van der Waals surface area contributed by atoms with Crippen LogP contribution in [0.15, 0.2) is 18.2 Å². The van der Waals surface area contributed by atoms with E-state index in [0.717, 1.165) is 24.2 Å². The third kappa shape index (κ3) is 4.91. The number of amides is 1. The van der Waals surface area contributed by atoms with Gasteiger partial charge in [-0.3, -0.25) is 5.32 Å². The summed E-state index contributed by atoms with van der Waals surface area (Å²) in [5.74, 6) is 0.763. The summed E-state index contributed by atoms with van der Waals surface area (Å²) in [4.78, 5) is 11.8. The summed E-state index contributed by atoms with van der Waals surface area (Å²) in [5.41, 5.74) is 0.595. The van der Waals surface area contributed by atoms with Gasteiger partial charge in [0.25, 0.3) is 0 Å². The monoisotopic (exact) mass is 307 g/mol. The van der Waals surface area contributed by atoms with Crippen molar-refractivity contribution in [1.29, 1.82) is 0 Å². The number of carbonyl (C=O) groups excluding carboxylic acids is 1. The third-order valence-corrected chi connectivity index (χ3v) is 3.61. The molecule has 0 bridgehead atoms. The molecule has 1 amide bonds. The Morgan fingerprint density at radius 3 is 2.59 bits per heavy atom. The van der Waals surface area contributed by atoms with Crippen LogP contribution in [0.1, 0.15) is 45.6 Å². The second kappa shape index (κ2) is 6.16. The fourth-order valence-corrected chi connectivity index (χ4v) is 2.23. The highest BCUT2D eigenvalue weighted by Crippen LogP contribution is 2.40. The van der Waals surface area contributed by atoms with Gasteiger partial charge in [0.2, 0.25) is 0 Å². The Hall–Kier alpha value is -1.75. The summed E-state index contributed by atoms with van der Waals surface area (Å²) in [6, 6.07) is 5.46. The summed E-state index contributed by atoms with van der Waals surface area (Å²) < 4.78 is 10.6. The zero-order valence-corrected chi connectivity index (χ0v) is 13.7. The normalized spacial score (nSPS) is 16.0. The Morgan fingerprint density at radius 2 is 2.05 bits per heavy atom. The smallest absolute Gasteiger partial charge is 0.412 e. The number of ether oxygens (including phenoxy) is 2. The molecule has 1 fully saturated rings. The highest BCUT2D eigenvalue weighted by atomic mass is 16.6. The molecule has 0 aromatic heterocycles. The Balaban J connectivity index is 2.04. The number of methoxy groups -OCH3 is 1. The van der Waals surface area contributed by atoms with Crippen molar-refractivity contribution in [2.45, 2.75) is 57.7 Å². The zero-order valence-electron chi connectivity index (χ0n) is 13.7. The number of nitrogens with one attached hydrogen (secondary N) is 1. The number of rotatable bonds is 5. The van der Waals surface area contributed by atoms with Crippen LogP contribution in [0.4, 0.5) is 10.5 Å². The molecule has 1 aromatic carbocycles. The van der Waals surface area contributed by atoms with Crippen LogP contribution in [0.25, 0.3) is 0 Å². The predicted molar refractivity (Wildman–Crippen MR) is 85.4 cm³/mol. The van der Waals surface area contributed by atoms with Gasteiger partial charge < -0.3 is 14.6 Å². The van der Waals surface area contributed by atoms with E-state index in [-0.39, 0.29) is 0 Å². The summed E-state index contributed by atoms with van der Waals surface area (Å²) in [7, 11) is 1.62. The van der Waals surface area contributed by atoms with E-state index in [0.29, 0.717) is 18.5 Å². The van der Waals surface area contributed by atoms with Gasteiger partial charge in [0, 0.05) is 5.69 Å². The van der Waals surface area contributed by atoms with Crippen molar-refractivity contribution in [1.82, 2.24) is 0 Å². The lowest BCUT2D eigenvalue weighted by molar-refractivity contribution is 0.0636. The maximum atomic E-state index is 11.8. The molecule has 0 spiro atoms. The van der Waals surface area contributed by atoms with Gasteiger partial charge in [-0.05, 0) is 70.2 Å². The molecule has 0 atom stereocenters. The lowest BCUT2D eigenvalue weighted by Crippen LogP contribution is -2.27. The number of benzene rings is 1. The fourth-order valence-electron chi connectivity index (χ4n) is 2.23. The SMILES string of the molecule is COc1ccc(NC(=O)OC(C)(C)C)cc1CCC1(O)CC1. The van der Waals surface area contributed by atoms with E-state index in [1.807, 2.05) is 32.9 Å². The van der Waals surface area contributed by atoms with E-state index in [2.05, 4.69) is 5.32 Å². The van der Waals surface area contributed by atoms with Gasteiger partial charge in [0.1, 0.15) is 11.4 Å². The molecule has 2 rings (SSSR count). The molecule has 5 nitrogen and oxygen atoms in total. The maximum Gasteiger partial charge on any atom is 0.412 e. The zero-order chi connectivity index (χ0) is 16.4. The van der Waals surface area contributed by atoms with Gasteiger partial charge in [-0.25, -0.2) is 4.79 Å². The van der Waals surface area contributed by atoms with Crippen molar-refractivity contribution < 1.29 is 19.4 Å². The minimum absolute atomic E-state index is 0.482. The van der Waals surface area contributed by atoms with Gasteiger partial charge in [-0.2, -0.15) is 0 Å². The van der Waals surface area contributed by atoms with E-state index in [4.69, 9.17) is 9.47 Å². The molecule has 22 heavy (non-hydrogen) atoms. The van der Waals surface area contributed by atoms with Crippen LogP contribution in [-0.2, 0) is 11.2 Å². The van der Waals surface area contributed by atoms with Crippen LogP contribution in [0, 0.1) is 0 Å². The second-order valence-corrected chi connectivity index (χ2v) is 6.88. The van der Waals surface area contributed by atoms with Crippen LogP contribution < -0.4 is 10.1 Å². The minimum atomic E-state index is -0.533. The van der Waals surface area contributed by atoms with Crippen molar-refractivity contribution in [3.8, 4) is 5.75 Å². The Bertz CT molecular complexity index is 544. The van der Waals surface area contributed by atoms with Gasteiger partial charge in [-0.15, -0.1) is 0 Å². The molecule has 1 saturated carbocycles. The number of hydrogen-bond donors (Lipinski definition) is 2. The van der Waals surface area contributed by atoms with Gasteiger partial charge in [0.15, 0.2) is 0 Å². The van der Waals surface area contributed by atoms with Crippen LogP contribution >= 0.6 is 0 Å². The Morgan fingerprint density at radius 1 is 1.36 bits per heavy atom. The number of carbonyl (C=O) groups is 1. The average Bonchev–Trinajstić information content (AvgIpc) is 3.13. The molecular formula is C17H25NO4. The average molecular weight is 307 g/mol. The molecule has 5 heteroatoms. The van der Waals surface area contributed by atoms with Crippen molar-refractivity contribution in [2.75, 3.05) is 12.4 Å². The van der Waals surface area contributed by atoms with Crippen LogP contribution in [0.3, 0.4) is 0 Å². The number of anilines is 1. The first-order valence-corrected chi connectivity index (χ1v) is 7.60. The molecule has 1 aliphatic carbocycles. The van der Waals surface area contributed by atoms with Crippen LogP contribution in [0.5, 0.6) is 5.75 Å². The molecule has 0 unspecified atom stereocenters. The lowest BCUT2D eigenvalue weighted by atomic mass is 10.0. The lowest BCUT2D eigenvalue weighted by Gasteiger charge is -2.20. The number of aliphatic hydroxyl groups is 1. The largest absolute Gasteiger partial charge is 0.496 e. The highest BCUT2D eigenvalue weighted by molar-refractivity contribution is 5.85. The maximum absolute atomic E-state index is 11.8. The standard InChI is InChI=1S/C17H25NO4/c1-16(2,3)22-15(19)18-13-5-6-14(21-4)12(11-13)7-8-17(20)9-10-17/h5-6,11,20H,7-10H2,1-4H3,(H,18,19). The molecule has 0 heterocycles. The molecule has 2 N–H and O–H groups in total. The van der Waals surface area contributed by atoms with E-state index < -0.39 is 17.3 Å². The molecule has 1 aromatic rings. The first-order valence-electron chi connectivity index (χ1n) is 7.60. The first kappa shape index (κ1) is 16.6. The molecule has 0 saturated heterocycles. The fraction of sp³-hybridized carbons (Fsp3) is 0.588. The van der Waals surface area contributed by atoms with Crippen molar-refractivity contribution in [2.24, 2.45) is 0 Å². The molecule has 122 valence electrons. The summed E-state index contributed by atoms with van der Waals surface area (Å²) in [5, 5.41) is 12.7. The van der Waals surface area contributed by atoms with Gasteiger partial charge >= 0.3 is 6.09 Å². The molecule has 1 aliphatic rings. The van der Waals surface area contributed by atoms with Gasteiger partial charge in [0.05, 0.1) is 12.7 Å². The Labute approximate surface area is 131 Å². The van der Waals surface area contributed by atoms with E-state index >= 15 is 0 Å².